The van der Waals surface area contributed by atoms with E-state index >= 15 is 0 Å². The van der Waals surface area contributed by atoms with Crippen LogP contribution in [0.2, 0.25) is 0 Å². The molecule has 0 amide bonds. The minimum atomic E-state index is -3.93. The molecule has 10 nitrogen and oxygen atoms in total. The molecule has 0 aliphatic carbocycles. The summed E-state index contributed by atoms with van der Waals surface area (Å²) in [7, 11) is -3.93. The first-order valence-electron chi connectivity index (χ1n) is 10.6. The number of hydrogen-bond donors (Lipinski definition) is 2. The highest BCUT2D eigenvalue weighted by molar-refractivity contribution is 8.00. The summed E-state index contributed by atoms with van der Waals surface area (Å²) in [5.41, 5.74) is 4.73. The number of aromatic nitrogens is 2. The molecule has 186 valence electrons. The summed E-state index contributed by atoms with van der Waals surface area (Å²) in [5.74, 6) is -1.09. The Morgan fingerprint density at radius 2 is 2.06 bits per heavy atom. The van der Waals surface area contributed by atoms with Crippen LogP contribution >= 0.6 is 19.4 Å². The van der Waals surface area contributed by atoms with Gasteiger partial charge >= 0.3 is 19.3 Å². The number of alkyl halides is 1. The van der Waals surface area contributed by atoms with Gasteiger partial charge in [0.1, 0.15) is 23.0 Å². The third kappa shape index (κ3) is 6.38. The number of carbonyl (C=O) groups excluding carboxylic acids is 1. The summed E-state index contributed by atoms with van der Waals surface area (Å²) in [4.78, 5) is 27.8. The molecule has 1 unspecified atom stereocenters. The second kappa shape index (κ2) is 11.4. The first-order chi connectivity index (χ1) is 16.1. The number of hydrogen-bond acceptors (Lipinski definition) is 10. The lowest BCUT2D eigenvalue weighted by atomic mass is 10.1. The van der Waals surface area contributed by atoms with E-state index in [1.807, 2.05) is 0 Å². The molecule has 34 heavy (non-hydrogen) atoms. The van der Waals surface area contributed by atoms with E-state index in [0.29, 0.717) is 0 Å². The number of benzene rings is 1. The molecule has 6 atom stereocenters. The average Bonchev–Trinajstić information content (AvgIpc) is 3.07. The summed E-state index contributed by atoms with van der Waals surface area (Å²) in [6.07, 6.45) is -2.30. The Bertz CT molecular complexity index is 1090. The lowest BCUT2D eigenvalue weighted by molar-refractivity contribution is -0.146. The number of aliphatic hydroxyl groups excluding tert-OH is 1. The molecule has 3 rings (SSSR count). The Morgan fingerprint density at radius 3 is 2.71 bits per heavy atom. The molecular formula is C21H27FN3O7PS. The third-order valence-corrected chi connectivity index (χ3v) is 8.59. The van der Waals surface area contributed by atoms with Crippen molar-refractivity contribution in [3.63, 3.8) is 0 Å². The van der Waals surface area contributed by atoms with Gasteiger partial charge in [-0.2, -0.15) is 4.98 Å². The molecule has 1 aromatic heterocycles. The fourth-order valence-electron chi connectivity index (χ4n) is 3.32. The van der Waals surface area contributed by atoms with Crippen LogP contribution in [0.25, 0.3) is 0 Å². The fourth-order valence-corrected chi connectivity index (χ4v) is 6.73. The molecular weight excluding hydrogens is 488 g/mol. The predicted molar refractivity (Wildman–Crippen MR) is 126 cm³/mol. The van der Waals surface area contributed by atoms with Crippen LogP contribution in [-0.2, 0) is 18.6 Å². The monoisotopic (exact) mass is 515 g/mol. The molecule has 1 saturated heterocycles. The van der Waals surface area contributed by atoms with Gasteiger partial charge < -0.3 is 20.1 Å². The minimum Gasteiger partial charge on any atom is -0.466 e. The lowest BCUT2D eigenvalue weighted by Crippen LogP contribution is -2.33. The summed E-state index contributed by atoms with van der Waals surface area (Å²) in [6, 6.07) is 9.63. The number of halogens is 1. The van der Waals surface area contributed by atoms with E-state index in [9.17, 15) is 23.7 Å². The Morgan fingerprint density at radius 1 is 1.35 bits per heavy atom. The molecule has 0 saturated carbocycles. The molecule has 1 aliphatic heterocycles. The smallest absolute Gasteiger partial charge is 0.380 e. The van der Waals surface area contributed by atoms with Gasteiger partial charge in [0.2, 0.25) is 0 Å². The summed E-state index contributed by atoms with van der Waals surface area (Å²) < 4.78 is 45.7. The summed E-state index contributed by atoms with van der Waals surface area (Å²) >= 11 is 0.944. The number of para-hydroxylation sites is 1. The Kier molecular flexibility index (Phi) is 8.75. The number of thioether (sulfide) groups is 1. The topological polar surface area (TPSA) is 143 Å². The molecule has 1 fully saturated rings. The number of anilines is 1. The van der Waals surface area contributed by atoms with Crippen LogP contribution in [0, 0.1) is 5.92 Å². The molecule has 1 aromatic carbocycles. The number of nitrogens with zero attached hydrogens (tertiary/aromatic N) is 2. The molecule has 0 radical (unpaired) electrons. The number of nitrogen functional groups attached to an aromatic ring is 1. The normalized spacial score (nSPS) is 24.8. The number of esters is 1. The Balaban J connectivity index is 1.75. The van der Waals surface area contributed by atoms with Gasteiger partial charge in [-0.3, -0.25) is 13.9 Å². The zero-order chi connectivity index (χ0) is 24.9. The van der Waals surface area contributed by atoms with E-state index in [1.165, 1.54) is 19.2 Å². The molecule has 0 bridgehead atoms. The molecule has 3 N–H and O–H groups in total. The minimum absolute atomic E-state index is 0.00481. The van der Waals surface area contributed by atoms with E-state index in [0.717, 1.165) is 16.3 Å². The molecule has 0 spiro atoms. The molecule has 2 heterocycles. The van der Waals surface area contributed by atoms with Crippen LogP contribution in [0.3, 0.4) is 0 Å². The highest BCUT2D eigenvalue weighted by Gasteiger charge is 2.46. The van der Waals surface area contributed by atoms with E-state index < -0.39 is 48.1 Å². The van der Waals surface area contributed by atoms with Gasteiger partial charge in [0.25, 0.3) is 0 Å². The average molecular weight is 516 g/mol. The van der Waals surface area contributed by atoms with Crippen LogP contribution in [0.5, 0.6) is 5.75 Å². The highest BCUT2D eigenvalue weighted by Crippen LogP contribution is 2.52. The lowest BCUT2D eigenvalue weighted by Gasteiger charge is -2.24. The number of carbonyl (C=O) groups is 1. The van der Waals surface area contributed by atoms with Crippen molar-refractivity contribution >= 4 is 31.1 Å². The number of aliphatic hydroxyl groups is 1. The summed E-state index contributed by atoms with van der Waals surface area (Å²) in [6.45, 7) is 3.01. The van der Waals surface area contributed by atoms with E-state index in [1.54, 1.807) is 37.3 Å². The third-order valence-electron chi connectivity index (χ3n) is 5.03. The van der Waals surface area contributed by atoms with Gasteiger partial charge in [-0.25, -0.2) is 13.8 Å². The van der Waals surface area contributed by atoms with Crippen molar-refractivity contribution in [3.8, 4) is 5.75 Å². The van der Waals surface area contributed by atoms with Crippen LogP contribution in [-0.4, -0.2) is 57.5 Å². The maximum Gasteiger partial charge on any atom is 0.380 e. The number of nitrogens with two attached hydrogens (primary N) is 1. The first-order valence-corrected chi connectivity index (χ1v) is 13.3. The largest absolute Gasteiger partial charge is 0.466 e. The Labute approximate surface area is 200 Å². The van der Waals surface area contributed by atoms with E-state index in [4.69, 9.17) is 19.5 Å². The van der Waals surface area contributed by atoms with Crippen molar-refractivity contribution in [3.05, 3.63) is 53.1 Å². The van der Waals surface area contributed by atoms with Gasteiger partial charge in [-0.15, -0.1) is 11.8 Å². The van der Waals surface area contributed by atoms with Crippen LogP contribution in [0.15, 0.2) is 47.4 Å². The van der Waals surface area contributed by atoms with E-state index in [-0.39, 0.29) is 30.9 Å². The zero-order valence-corrected chi connectivity index (χ0v) is 20.4. The van der Waals surface area contributed by atoms with Gasteiger partial charge in [0, 0.05) is 6.20 Å². The van der Waals surface area contributed by atoms with Crippen molar-refractivity contribution in [1.29, 1.82) is 0 Å². The van der Waals surface area contributed by atoms with Crippen molar-refractivity contribution < 1.29 is 32.6 Å². The number of rotatable bonds is 10. The maximum atomic E-state index is 14.9. The SMILES string of the molecule is CCOC(=O)[C@H](C)CP(=O)(OC[C@H]1S[C@@H](n2ccc(N)nc2=O)[C@@H](F)[C@@H]1O)Oc1ccccc1. The second-order valence-corrected chi connectivity index (χ2v) is 11.1. The zero-order valence-electron chi connectivity index (χ0n) is 18.7. The highest BCUT2D eigenvalue weighted by atomic mass is 32.2. The fraction of sp³-hybridized carbons (Fsp3) is 0.476. The summed E-state index contributed by atoms with van der Waals surface area (Å²) in [5, 5.41) is 8.48. The standard InChI is InChI=1S/C21H27FN3O7PS/c1-3-30-20(27)13(2)12-33(29,32-14-7-5-4-6-8-14)31-11-15-18(26)17(22)19(34-15)25-10-9-16(23)24-21(25)28/h4-10,13,15,17-19,26H,3,11-12H2,1-2H3,(H2,23,24,28)/t13-,15-,17+,18-,19-,33?/m1/s1. The first kappa shape index (κ1) is 26.2. The maximum absolute atomic E-state index is 14.9. The quantitative estimate of drug-likeness (QED) is 0.358. The molecule has 1 aliphatic rings. The van der Waals surface area contributed by atoms with Crippen molar-refractivity contribution in [2.45, 2.75) is 36.7 Å². The van der Waals surface area contributed by atoms with Crippen LogP contribution in [0.1, 0.15) is 19.2 Å². The Hall–Kier alpha value is -2.40. The molecule has 13 heteroatoms. The van der Waals surface area contributed by atoms with Crippen LogP contribution in [0.4, 0.5) is 10.2 Å². The van der Waals surface area contributed by atoms with Gasteiger partial charge in [-0.05, 0) is 25.1 Å². The van der Waals surface area contributed by atoms with E-state index in [2.05, 4.69) is 4.98 Å². The second-order valence-electron chi connectivity index (χ2n) is 7.69. The van der Waals surface area contributed by atoms with Crippen LogP contribution < -0.4 is 15.9 Å². The van der Waals surface area contributed by atoms with Crippen molar-refractivity contribution in [2.24, 2.45) is 5.92 Å². The van der Waals surface area contributed by atoms with Gasteiger partial charge in [0.15, 0.2) is 6.17 Å². The molecule has 2 aromatic rings. The predicted octanol–water partition coefficient (Wildman–Crippen LogP) is 2.63. The van der Waals surface area contributed by atoms with Crippen molar-refractivity contribution in [1.82, 2.24) is 9.55 Å². The van der Waals surface area contributed by atoms with Gasteiger partial charge in [0.05, 0.1) is 30.5 Å². The van der Waals surface area contributed by atoms with Crippen molar-refractivity contribution in [2.75, 3.05) is 25.1 Å². The number of ether oxygens (including phenoxy) is 1. The van der Waals surface area contributed by atoms with Gasteiger partial charge in [-0.1, -0.05) is 25.1 Å².